The molecule has 0 aromatic heterocycles. The summed E-state index contributed by atoms with van der Waals surface area (Å²) in [5, 5.41) is 3.40. The molecule has 1 amide bonds. The van der Waals surface area contributed by atoms with Crippen LogP contribution in [-0.4, -0.2) is 61.5 Å². The molecule has 1 fully saturated rings. The number of hydrogen-bond donors (Lipinski definition) is 1. The van der Waals surface area contributed by atoms with Crippen LogP contribution in [0.3, 0.4) is 0 Å². The molecule has 1 saturated heterocycles. The molecule has 0 bridgehead atoms. The molecule has 112 valence electrons. The molecular weight excluding hydrogens is 238 g/mol. The van der Waals surface area contributed by atoms with Crippen molar-refractivity contribution in [3.63, 3.8) is 0 Å². The summed E-state index contributed by atoms with van der Waals surface area (Å²) < 4.78 is 0. The predicted molar refractivity (Wildman–Crippen MR) is 80.2 cm³/mol. The van der Waals surface area contributed by atoms with Crippen molar-refractivity contribution in [3.05, 3.63) is 0 Å². The van der Waals surface area contributed by atoms with Gasteiger partial charge in [-0.2, -0.15) is 0 Å². The zero-order chi connectivity index (χ0) is 14.4. The maximum Gasteiger partial charge on any atom is 0.239 e. The molecule has 0 aromatic rings. The molecule has 1 N–H and O–H groups in total. The highest BCUT2D eigenvalue weighted by Crippen LogP contribution is 2.21. The molecule has 3 unspecified atom stereocenters. The summed E-state index contributed by atoms with van der Waals surface area (Å²) in [4.78, 5) is 16.8. The second-order valence-electron chi connectivity index (χ2n) is 6.04. The number of rotatable bonds is 6. The van der Waals surface area contributed by atoms with Crippen molar-refractivity contribution in [3.8, 4) is 0 Å². The average Bonchev–Trinajstić information content (AvgIpc) is 2.38. The lowest BCUT2D eigenvalue weighted by molar-refractivity contribution is -0.136. The summed E-state index contributed by atoms with van der Waals surface area (Å²) in [5.41, 5.74) is 0. The highest BCUT2D eigenvalue weighted by atomic mass is 16.2. The van der Waals surface area contributed by atoms with Gasteiger partial charge in [-0.15, -0.1) is 0 Å². The van der Waals surface area contributed by atoms with Crippen molar-refractivity contribution in [1.82, 2.24) is 15.1 Å². The average molecular weight is 269 g/mol. The number of likely N-dealkylation sites (N-methyl/N-ethyl adjacent to an activating group) is 2. The monoisotopic (exact) mass is 269 g/mol. The number of piperidine rings is 1. The van der Waals surface area contributed by atoms with Crippen LogP contribution in [0.5, 0.6) is 0 Å². The second kappa shape index (κ2) is 7.85. The molecule has 0 aromatic carbocycles. The number of nitrogens with one attached hydrogen (secondary N) is 1. The summed E-state index contributed by atoms with van der Waals surface area (Å²) >= 11 is 0. The molecule has 1 aliphatic rings. The number of carbonyl (C=O) groups is 1. The van der Waals surface area contributed by atoms with Gasteiger partial charge in [0.2, 0.25) is 5.91 Å². The summed E-state index contributed by atoms with van der Waals surface area (Å²) in [5.74, 6) is 0.994. The Morgan fingerprint density at radius 2 is 2.05 bits per heavy atom. The molecule has 1 aliphatic heterocycles. The SMILES string of the molecule is CCC1CCNC(C(=O)N(CC)C(C)CN(C)C)C1. The highest BCUT2D eigenvalue weighted by Gasteiger charge is 2.30. The minimum Gasteiger partial charge on any atom is -0.338 e. The Kier molecular flexibility index (Phi) is 6.80. The third-order valence-corrected chi connectivity index (χ3v) is 4.17. The third-order valence-electron chi connectivity index (χ3n) is 4.17. The van der Waals surface area contributed by atoms with E-state index in [9.17, 15) is 4.79 Å². The maximum atomic E-state index is 12.7. The maximum absolute atomic E-state index is 12.7. The van der Waals surface area contributed by atoms with Crippen LogP contribution in [0.4, 0.5) is 0 Å². The topological polar surface area (TPSA) is 35.6 Å². The Morgan fingerprint density at radius 1 is 1.37 bits per heavy atom. The van der Waals surface area contributed by atoms with Gasteiger partial charge in [-0.05, 0) is 53.2 Å². The van der Waals surface area contributed by atoms with Gasteiger partial charge in [0, 0.05) is 19.1 Å². The van der Waals surface area contributed by atoms with Crippen LogP contribution in [0.1, 0.15) is 40.0 Å². The fourth-order valence-electron chi connectivity index (χ4n) is 3.07. The van der Waals surface area contributed by atoms with Crippen LogP contribution in [-0.2, 0) is 4.79 Å². The molecule has 0 saturated carbocycles. The van der Waals surface area contributed by atoms with E-state index in [1.807, 2.05) is 4.90 Å². The third kappa shape index (κ3) is 4.77. The van der Waals surface area contributed by atoms with Crippen molar-refractivity contribution >= 4 is 5.91 Å². The Balaban J connectivity index is 2.61. The van der Waals surface area contributed by atoms with Gasteiger partial charge >= 0.3 is 0 Å². The fourth-order valence-corrected chi connectivity index (χ4v) is 3.07. The molecule has 0 radical (unpaired) electrons. The molecule has 4 nitrogen and oxygen atoms in total. The van der Waals surface area contributed by atoms with E-state index in [0.29, 0.717) is 5.92 Å². The van der Waals surface area contributed by atoms with Gasteiger partial charge in [0.1, 0.15) is 0 Å². The van der Waals surface area contributed by atoms with Crippen molar-refractivity contribution < 1.29 is 4.79 Å². The summed E-state index contributed by atoms with van der Waals surface area (Å²) in [6.07, 6.45) is 3.39. The highest BCUT2D eigenvalue weighted by molar-refractivity contribution is 5.82. The minimum absolute atomic E-state index is 0.0308. The standard InChI is InChI=1S/C15H31N3O/c1-6-13-8-9-16-14(10-13)15(19)18(7-2)12(3)11-17(4)5/h12-14,16H,6-11H2,1-5H3. The molecule has 19 heavy (non-hydrogen) atoms. The van der Waals surface area contributed by atoms with E-state index in [4.69, 9.17) is 0 Å². The first kappa shape index (κ1) is 16.4. The number of nitrogens with zero attached hydrogens (tertiary/aromatic N) is 2. The first-order valence-corrected chi connectivity index (χ1v) is 7.68. The normalized spacial score (nSPS) is 25.4. The molecule has 1 heterocycles. The van der Waals surface area contributed by atoms with Crippen LogP contribution in [0.2, 0.25) is 0 Å². The van der Waals surface area contributed by atoms with Crippen molar-refractivity contribution in [2.75, 3.05) is 33.7 Å². The number of hydrogen-bond acceptors (Lipinski definition) is 3. The van der Waals surface area contributed by atoms with Crippen LogP contribution in [0, 0.1) is 5.92 Å². The van der Waals surface area contributed by atoms with Gasteiger partial charge in [0.05, 0.1) is 6.04 Å². The fraction of sp³-hybridized carbons (Fsp3) is 0.933. The van der Waals surface area contributed by atoms with E-state index in [-0.39, 0.29) is 18.0 Å². The van der Waals surface area contributed by atoms with Gasteiger partial charge < -0.3 is 15.1 Å². The molecular formula is C15H31N3O. The Morgan fingerprint density at radius 3 is 2.58 bits per heavy atom. The lowest BCUT2D eigenvalue weighted by Crippen LogP contribution is -2.54. The van der Waals surface area contributed by atoms with Gasteiger partial charge in [-0.25, -0.2) is 0 Å². The lowest BCUT2D eigenvalue weighted by Gasteiger charge is -2.36. The Labute approximate surface area is 118 Å². The van der Waals surface area contributed by atoms with Gasteiger partial charge in [0.25, 0.3) is 0 Å². The first-order valence-electron chi connectivity index (χ1n) is 7.68. The number of carbonyl (C=O) groups excluding carboxylic acids is 1. The molecule has 4 heteroatoms. The van der Waals surface area contributed by atoms with Crippen molar-refractivity contribution in [2.45, 2.75) is 52.1 Å². The molecule has 0 spiro atoms. The quantitative estimate of drug-likeness (QED) is 0.795. The van der Waals surface area contributed by atoms with Crippen LogP contribution >= 0.6 is 0 Å². The molecule has 0 aliphatic carbocycles. The largest absolute Gasteiger partial charge is 0.338 e. The molecule has 3 atom stereocenters. The Hall–Kier alpha value is -0.610. The second-order valence-corrected chi connectivity index (χ2v) is 6.04. The van der Waals surface area contributed by atoms with E-state index < -0.39 is 0 Å². The van der Waals surface area contributed by atoms with Crippen LogP contribution in [0.25, 0.3) is 0 Å². The smallest absolute Gasteiger partial charge is 0.239 e. The summed E-state index contributed by atoms with van der Waals surface area (Å²) in [7, 11) is 4.11. The van der Waals surface area contributed by atoms with Gasteiger partial charge in [0.15, 0.2) is 0 Å². The first-order chi connectivity index (χ1) is 8.99. The van der Waals surface area contributed by atoms with E-state index >= 15 is 0 Å². The number of amides is 1. The zero-order valence-corrected chi connectivity index (χ0v) is 13.3. The summed E-state index contributed by atoms with van der Waals surface area (Å²) in [6.45, 7) is 9.14. The van der Waals surface area contributed by atoms with E-state index in [1.165, 1.54) is 12.8 Å². The van der Waals surface area contributed by atoms with Gasteiger partial charge in [-0.3, -0.25) is 4.79 Å². The van der Waals surface area contributed by atoms with Crippen LogP contribution < -0.4 is 5.32 Å². The predicted octanol–water partition coefficient (Wildman–Crippen LogP) is 1.56. The van der Waals surface area contributed by atoms with E-state index in [1.54, 1.807) is 0 Å². The van der Waals surface area contributed by atoms with E-state index in [2.05, 4.69) is 45.1 Å². The lowest BCUT2D eigenvalue weighted by atomic mass is 9.89. The summed E-state index contributed by atoms with van der Waals surface area (Å²) in [6, 6.07) is 0.305. The van der Waals surface area contributed by atoms with Gasteiger partial charge in [-0.1, -0.05) is 13.3 Å². The van der Waals surface area contributed by atoms with Crippen LogP contribution in [0.15, 0.2) is 0 Å². The van der Waals surface area contributed by atoms with Crippen molar-refractivity contribution in [2.24, 2.45) is 5.92 Å². The van der Waals surface area contributed by atoms with Crippen molar-refractivity contribution in [1.29, 1.82) is 0 Å². The Bertz CT molecular complexity index is 281. The minimum atomic E-state index is 0.0308. The van der Waals surface area contributed by atoms with E-state index in [0.717, 1.165) is 26.1 Å². The zero-order valence-electron chi connectivity index (χ0n) is 13.3. The molecule has 1 rings (SSSR count).